The Morgan fingerprint density at radius 1 is 1.15 bits per heavy atom. The summed E-state index contributed by atoms with van der Waals surface area (Å²) in [7, 11) is 1.71. The first-order valence-electron chi connectivity index (χ1n) is 12.5. The largest absolute Gasteiger partial charge is 0.416 e. The smallest absolute Gasteiger partial charge is 0.381 e. The van der Waals surface area contributed by atoms with E-state index >= 15 is 0 Å². The Morgan fingerprint density at radius 2 is 1.90 bits per heavy atom. The lowest BCUT2D eigenvalue weighted by Crippen LogP contribution is -2.34. The Hall–Kier alpha value is -3.87. The minimum atomic E-state index is -4.69. The molecule has 5 rings (SSSR count). The number of alkyl halides is 3. The van der Waals surface area contributed by atoms with E-state index < -0.39 is 28.9 Å². The summed E-state index contributed by atoms with van der Waals surface area (Å²) in [5, 5.41) is 16.4. The highest BCUT2D eigenvalue weighted by atomic mass is 19.4. The lowest BCUT2D eigenvalue weighted by molar-refractivity contribution is -0.137. The molecule has 1 saturated carbocycles. The average molecular weight is 547 g/mol. The number of benzene rings is 2. The fraction of sp³-hybridized carbons (Fsp3) is 0.423. The van der Waals surface area contributed by atoms with E-state index in [1.165, 1.54) is 6.07 Å². The van der Waals surface area contributed by atoms with E-state index in [9.17, 15) is 27.2 Å². The Kier molecular flexibility index (Phi) is 7.10. The maximum absolute atomic E-state index is 14.7. The Balaban J connectivity index is 1.38. The number of tetrazole rings is 1. The van der Waals surface area contributed by atoms with Crippen molar-refractivity contribution < 1.29 is 31.9 Å². The first-order valence-corrected chi connectivity index (χ1v) is 12.5. The summed E-state index contributed by atoms with van der Waals surface area (Å²) in [5.41, 5.74) is -1.51. The second kappa shape index (κ2) is 10.4. The van der Waals surface area contributed by atoms with Gasteiger partial charge in [-0.25, -0.2) is 9.49 Å². The predicted molar refractivity (Wildman–Crippen MR) is 131 cm³/mol. The molecule has 2 aromatic carbocycles. The van der Waals surface area contributed by atoms with E-state index in [0.717, 1.165) is 25.0 Å². The standard InChI is InChI=1S/C26H26F4N6O3/c1-36(14-15-6-10-39-11-7-15)23(37)18-4-3-17(13-19(18)22-32-34-35-33-22)31-24(38)25(8-9-25)20-5-2-16(12-21(20)27)26(28,29)30/h2-5,12-13,15H,6-11,14H2,1H3,(H,31,38)(H,32,33,34,35). The highest BCUT2D eigenvalue weighted by Gasteiger charge is 2.53. The summed E-state index contributed by atoms with van der Waals surface area (Å²) in [6, 6.07) is 6.84. The van der Waals surface area contributed by atoms with Crippen LogP contribution < -0.4 is 5.32 Å². The van der Waals surface area contributed by atoms with Gasteiger partial charge in [0.2, 0.25) is 5.91 Å². The maximum Gasteiger partial charge on any atom is 0.416 e. The van der Waals surface area contributed by atoms with Gasteiger partial charge in [-0.2, -0.15) is 13.2 Å². The molecule has 0 radical (unpaired) electrons. The molecular weight excluding hydrogens is 520 g/mol. The number of carbonyl (C=O) groups excluding carboxylic acids is 2. The molecule has 0 bridgehead atoms. The molecule has 39 heavy (non-hydrogen) atoms. The summed E-state index contributed by atoms with van der Waals surface area (Å²) in [6.07, 6.45) is -2.39. The molecule has 0 atom stereocenters. The van der Waals surface area contributed by atoms with Crippen LogP contribution in [0.3, 0.4) is 0 Å². The second-order valence-corrected chi connectivity index (χ2v) is 9.98. The van der Waals surface area contributed by atoms with Crippen LogP contribution >= 0.6 is 0 Å². The zero-order valence-electron chi connectivity index (χ0n) is 21.0. The number of nitrogens with one attached hydrogen (secondary N) is 2. The average Bonchev–Trinajstić information content (AvgIpc) is 3.53. The number of rotatable bonds is 7. The van der Waals surface area contributed by atoms with Gasteiger partial charge in [-0.05, 0) is 72.4 Å². The first kappa shape index (κ1) is 26.7. The zero-order valence-corrected chi connectivity index (χ0v) is 21.0. The molecule has 9 nitrogen and oxygen atoms in total. The van der Waals surface area contributed by atoms with Gasteiger partial charge in [0.05, 0.1) is 16.5 Å². The number of halogens is 4. The topological polar surface area (TPSA) is 113 Å². The summed E-state index contributed by atoms with van der Waals surface area (Å²) < 4.78 is 59.0. The normalized spacial score (nSPS) is 17.1. The molecule has 1 saturated heterocycles. The number of hydrogen-bond donors (Lipinski definition) is 2. The minimum Gasteiger partial charge on any atom is -0.381 e. The Bertz CT molecular complexity index is 1370. The number of nitrogens with zero attached hydrogens (tertiary/aromatic N) is 4. The van der Waals surface area contributed by atoms with Crippen molar-refractivity contribution in [2.24, 2.45) is 5.92 Å². The van der Waals surface area contributed by atoms with Crippen molar-refractivity contribution in [1.29, 1.82) is 0 Å². The Morgan fingerprint density at radius 3 is 2.51 bits per heavy atom. The highest BCUT2D eigenvalue weighted by Crippen LogP contribution is 2.50. The summed E-state index contributed by atoms with van der Waals surface area (Å²) >= 11 is 0. The second-order valence-electron chi connectivity index (χ2n) is 9.98. The number of aromatic nitrogens is 4. The van der Waals surface area contributed by atoms with Crippen LogP contribution in [-0.2, 0) is 21.1 Å². The van der Waals surface area contributed by atoms with Crippen molar-refractivity contribution in [3.05, 3.63) is 58.9 Å². The predicted octanol–water partition coefficient (Wildman–Crippen LogP) is 4.19. The quantitative estimate of drug-likeness (QED) is 0.430. The molecule has 2 N–H and O–H groups in total. The molecule has 1 aliphatic carbocycles. The zero-order chi connectivity index (χ0) is 27.8. The van der Waals surface area contributed by atoms with Gasteiger partial charge in [0.15, 0.2) is 5.82 Å². The van der Waals surface area contributed by atoms with E-state index in [4.69, 9.17) is 4.74 Å². The molecular formula is C26H26F4N6O3. The SMILES string of the molecule is CN(CC1CCOCC1)C(=O)c1ccc(NC(=O)C2(c3ccc(C(F)(F)F)cc3F)CC2)cc1-c1nnn[nH]1. The van der Waals surface area contributed by atoms with E-state index in [1.54, 1.807) is 24.1 Å². The lowest BCUT2D eigenvalue weighted by Gasteiger charge is -2.27. The van der Waals surface area contributed by atoms with E-state index in [0.29, 0.717) is 48.6 Å². The lowest BCUT2D eigenvalue weighted by atomic mass is 9.93. The third-order valence-corrected chi connectivity index (χ3v) is 7.32. The number of H-pyrrole nitrogens is 1. The summed E-state index contributed by atoms with van der Waals surface area (Å²) in [4.78, 5) is 28.2. The van der Waals surface area contributed by atoms with Crippen LogP contribution in [-0.4, -0.2) is 64.1 Å². The number of amides is 2. The van der Waals surface area contributed by atoms with Crippen LogP contribution in [0, 0.1) is 11.7 Å². The minimum absolute atomic E-state index is 0.0887. The first-order chi connectivity index (χ1) is 18.6. The third-order valence-electron chi connectivity index (χ3n) is 7.32. The number of aromatic amines is 1. The van der Waals surface area contributed by atoms with Crippen molar-refractivity contribution in [3.63, 3.8) is 0 Å². The molecule has 13 heteroatoms. The highest BCUT2D eigenvalue weighted by molar-refractivity contribution is 6.04. The van der Waals surface area contributed by atoms with Gasteiger partial charge in [-0.3, -0.25) is 9.59 Å². The van der Waals surface area contributed by atoms with Gasteiger partial charge in [-0.15, -0.1) is 5.10 Å². The maximum atomic E-state index is 14.7. The summed E-state index contributed by atoms with van der Waals surface area (Å²) in [5.74, 6) is -1.36. The Labute approximate surface area is 220 Å². The van der Waals surface area contributed by atoms with Crippen LogP contribution in [0.4, 0.5) is 23.2 Å². The van der Waals surface area contributed by atoms with Gasteiger partial charge in [0, 0.05) is 43.6 Å². The van der Waals surface area contributed by atoms with Crippen LogP contribution in [0.25, 0.3) is 11.4 Å². The molecule has 2 amide bonds. The molecule has 2 aliphatic rings. The molecule has 206 valence electrons. The van der Waals surface area contributed by atoms with Crippen molar-refractivity contribution >= 4 is 17.5 Å². The van der Waals surface area contributed by atoms with E-state index in [1.807, 2.05) is 0 Å². The third kappa shape index (κ3) is 5.49. The van der Waals surface area contributed by atoms with Gasteiger partial charge >= 0.3 is 6.18 Å². The van der Waals surface area contributed by atoms with E-state index in [2.05, 4.69) is 25.9 Å². The monoisotopic (exact) mass is 546 g/mol. The number of carbonyl (C=O) groups is 2. The molecule has 2 heterocycles. The molecule has 0 spiro atoms. The van der Waals surface area contributed by atoms with Gasteiger partial charge in [0.25, 0.3) is 5.91 Å². The molecule has 0 unspecified atom stereocenters. The van der Waals surface area contributed by atoms with Crippen LogP contribution in [0.2, 0.25) is 0 Å². The molecule has 1 aliphatic heterocycles. The fourth-order valence-corrected chi connectivity index (χ4v) is 4.96. The summed E-state index contributed by atoms with van der Waals surface area (Å²) in [6.45, 7) is 1.87. The van der Waals surface area contributed by atoms with Gasteiger partial charge < -0.3 is 15.0 Å². The van der Waals surface area contributed by atoms with Gasteiger partial charge in [0.1, 0.15) is 5.82 Å². The number of ether oxygens (including phenoxy) is 1. The van der Waals surface area contributed by atoms with Crippen molar-refractivity contribution in [2.75, 3.05) is 32.1 Å². The molecule has 1 aromatic heterocycles. The molecule has 2 fully saturated rings. The van der Waals surface area contributed by atoms with Crippen LogP contribution in [0.5, 0.6) is 0 Å². The van der Waals surface area contributed by atoms with Crippen molar-refractivity contribution in [3.8, 4) is 11.4 Å². The van der Waals surface area contributed by atoms with Crippen molar-refractivity contribution in [1.82, 2.24) is 25.5 Å². The fourth-order valence-electron chi connectivity index (χ4n) is 4.96. The van der Waals surface area contributed by atoms with E-state index in [-0.39, 0.29) is 30.1 Å². The van der Waals surface area contributed by atoms with Crippen LogP contribution in [0.1, 0.15) is 47.2 Å². The van der Waals surface area contributed by atoms with Crippen molar-refractivity contribution in [2.45, 2.75) is 37.3 Å². The number of hydrogen-bond acceptors (Lipinski definition) is 6. The number of anilines is 1. The van der Waals surface area contributed by atoms with Gasteiger partial charge in [-0.1, -0.05) is 6.07 Å². The van der Waals surface area contributed by atoms with Crippen LogP contribution in [0.15, 0.2) is 36.4 Å². The molecule has 3 aromatic rings.